The molecule has 54 valence electrons. The van der Waals surface area contributed by atoms with Gasteiger partial charge in [-0.15, -0.1) is 0 Å². The van der Waals surface area contributed by atoms with Crippen LogP contribution < -0.4 is 5.32 Å². The summed E-state index contributed by atoms with van der Waals surface area (Å²) < 4.78 is 0. The van der Waals surface area contributed by atoms with Crippen molar-refractivity contribution >= 4 is 11.8 Å². The zero-order valence-corrected chi connectivity index (χ0v) is 4.89. The van der Waals surface area contributed by atoms with Gasteiger partial charge in [0.25, 0.3) is 0 Å². The van der Waals surface area contributed by atoms with E-state index in [-0.39, 0.29) is 28.7 Å². The van der Waals surface area contributed by atoms with Gasteiger partial charge in [0.2, 0.25) is 11.8 Å². The number of rotatable bonds is 0. The lowest BCUT2D eigenvalue weighted by molar-refractivity contribution is -0.147. The van der Waals surface area contributed by atoms with Crippen LogP contribution in [-0.2, 0) is 9.59 Å². The molecule has 0 spiro atoms. The summed E-state index contributed by atoms with van der Waals surface area (Å²) in [6, 6.07) is 0. The van der Waals surface area contributed by atoms with Gasteiger partial charge >= 0.3 is 0 Å². The van der Waals surface area contributed by atoms with Crippen LogP contribution in [0, 0.1) is 5.92 Å². The van der Waals surface area contributed by atoms with Crippen LogP contribution in [0.1, 0.15) is 6.92 Å². The van der Waals surface area contributed by atoms with Crippen molar-refractivity contribution in [3.05, 3.63) is 0 Å². The SMILES string of the molecule is CC1C(=O)NC1=O.O.O. The molecule has 0 aromatic rings. The first-order valence-corrected chi connectivity index (χ1v) is 2.06. The number of amides is 2. The second kappa shape index (κ2) is 3.16. The van der Waals surface area contributed by atoms with Gasteiger partial charge in [0.1, 0.15) is 5.92 Å². The Balaban J connectivity index is 0. The number of hydrogen-bond acceptors (Lipinski definition) is 2. The van der Waals surface area contributed by atoms with E-state index in [1.165, 1.54) is 0 Å². The molecular weight excluding hydrogens is 126 g/mol. The highest BCUT2D eigenvalue weighted by Crippen LogP contribution is 2.03. The summed E-state index contributed by atoms with van der Waals surface area (Å²) in [4.78, 5) is 20.2. The maximum Gasteiger partial charge on any atom is 0.238 e. The van der Waals surface area contributed by atoms with Gasteiger partial charge in [0.05, 0.1) is 0 Å². The maximum atomic E-state index is 10.1. The van der Waals surface area contributed by atoms with Crippen LogP contribution in [0.15, 0.2) is 0 Å². The van der Waals surface area contributed by atoms with Gasteiger partial charge in [-0.2, -0.15) is 0 Å². The van der Waals surface area contributed by atoms with Gasteiger partial charge in [-0.3, -0.25) is 14.9 Å². The molecule has 0 atom stereocenters. The lowest BCUT2D eigenvalue weighted by Gasteiger charge is -2.18. The van der Waals surface area contributed by atoms with Crippen LogP contribution in [0.5, 0.6) is 0 Å². The number of hydrogen-bond donors (Lipinski definition) is 1. The Morgan fingerprint density at radius 2 is 1.56 bits per heavy atom. The molecule has 5 heteroatoms. The largest absolute Gasteiger partial charge is 0.412 e. The highest BCUT2D eigenvalue weighted by molar-refractivity contribution is 6.17. The molecule has 5 nitrogen and oxygen atoms in total. The van der Waals surface area contributed by atoms with E-state index in [4.69, 9.17) is 0 Å². The lowest BCUT2D eigenvalue weighted by atomic mass is 10.0. The minimum atomic E-state index is -0.389. The smallest absolute Gasteiger partial charge is 0.238 e. The van der Waals surface area contributed by atoms with Gasteiger partial charge in [-0.1, -0.05) is 0 Å². The normalized spacial score (nSPS) is 16.6. The Bertz CT molecular complexity index is 119. The highest BCUT2D eigenvalue weighted by Gasteiger charge is 2.32. The fraction of sp³-hybridized carbons (Fsp3) is 0.500. The number of carbonyl (C=O) groups is 2. The summed E-state index contributed by atoms with van der Waals surface area (Å²) in [5, 5.41) is 2.08. The first kappa shape index (κ1) is 10.9. The average molecular weight is 135 g/mol. The van der Waals surface area contributed by atoms with Gasteiger partial charge in [0, 0.05) is 0 Å². The lowest BCUT2D eigenvalue weighted by Crippen LogP contribution is -2.52. The highest BCUT2D eigenvalue weighted by atomic mass is 16.2. The number of carbonyl (C=O) groups excluding carboxylic acids is 2. The zero-order valence-electron chi connectivity index (χ0n) is 4.89. The molecule has 1 fully saturated rings. The van der Waals surface area contributed by atoms with Crippen molar-refractivity contribution in [3.63, 3.8) is 0 Å². The Hall–Kier alpha value is -0.940. The molecule has 1 heterocycles. The Morgan fingerprint density at radius 3 is 1.56 bits per heavy atom. The average Bonchev–Trinajstić information content (AvgIpc) is 1.68. The van der Waals surface area contributed by atoms with Crippen LogP contribution >= 0.6 is 0 Å². The fourth-order valence-electron chi connectivity index (χ4n) is 0.379. The summed E-state index contributed by atoms with van der Waals surface area (Å²) >= 11 is 0. The molecule has 0 bridgehead atoms. The second-order valence-electron chi connectivity index (χ2n) is 1.58. The van der Waals surface area contributed by atoms with Crippen LogP contribution in [0.3, 0.4) is 0 Å². The topological polar surface area (TPSA) is 109 Å². The first-order chi connectivity index (χ1) is 3.22. The van der Waals surface area contributed by atoms with Crippen LogP contribution in [-0.4, -0.2) is 22.8 Å². The van der Waals surface area contributed by atoms with E-state index in [0.29, 0.717) is 0 Å². The Labute approximate surface area is 51.7 Å². The quantitative estimate of drug-likeness (QED) is 0.296. The Kier molecular flexibility index (Phi) is 3.84. The van der Waals surface area contributed by atoms with E-state index < -0.39 is 0 Å². The molecule has 0 aromatic heterocycles. The van der Waals surface area contributed by atoms with Gasteiger partial charge < -0.3 is 11.0 Å². The van der Waals surface area contributed by atoms with E-state index in [9.17, 15) is 9.59 Å². The van der Waals surface area contributed by atoms with E-state index in [0.717, 1.165) is 0 Å². The van der Waals surface area contributed by atoms with Crippen molar-refractivity contribution in [2.75, 3.05) is 0 Å². The van der Waals surface area contributed by atoms with E-state index >= 15 is 0 Å². The predicted octanol–water partition coefficient (Wildman–Crippen LogP) is -2.37. The monoisotopic (exact) mass is 135 g/mol. The molecule has 1 saturated heterocycles. The standard InChI is InChI=1S/C4H5NO2.2H2O/c1-2-3(6)5-4(2)7;;/h2H,1H3,(H,5,6,7);2*1H2. The van der Waals surface area contributed by atoms with Gasteiger partial charge in [-0.25, -0.2) is 0 Å². The molecule has 1 aliphatic heterocycles. The predicted molar refractivity (Wildman–Crippen MR) is 29.5 cm³/mol. The molecule has 1 aliphatic rings. The number of β-lactam (4-membered cyclic amide) rings is 2. The molecule has 0 radical (unpaired) electrons. The van der Waals surface area contributed by atoms with Crippen LogP contribution in [0.2, 0.25) is 0 Å². The van der Waals surface area contributed by atoms with Crippen molar-refractivity contribution < 1.29 is 20.5 Å². The first-order valence-electron chi connectivity index (χ1n) is 2.06. The Morgan fingerprint density at radius 1 is 1.22 bits per heavy atom. The van der Waals surface area contributed by atoms with Crippen LogP contribution in [0.25, 0.3) is 0 Å². The molecule has 1 rings (SSSR count). The molecule has 0 aromatic carbocycles. The molecule has 0 aliphatic carbocycles. The summed E-state index contributed by atoms with van der Waals surface area (Å²) in [5.74, 6) is -0.713. The van der Waals surface area contributed by atoms with Gasteiger partial charge in [0.15, 0.2) is 0 Å². The third kappa shape index (κ3) is 1.48. The van der Waals surface area contributed by atoms with Crippen molar-refractivity contribution in [1.29, 1.82) is 0 Å². The molecule has 9 heavy (non-hydrogen) atoms. The third-order valence-corrected chi connectivity index (χ3v) is 1.03. The van der Waals surface area contributed by atoms with Crippen molar-refractivity contribution in [1.82, 2.24) is 5.32 Å². The van der Waals surface area contributed by atoms with Crippen molar-refractivity contribution in [2.45, 2.75) is 6.92 Å². The summed E-state index contributed by atoms with van der Waals surface area (Å²) in [6.45, 7) is 1.58. The zero-order chi connectivity index (χ0) is 5.44. The summed E-state index contributed by atoms with van der Waals surface area (Å²) in [5.41, 5.74) is 0. The fourth-order valence-corrected chi connectivity index (χ4v) is 0.379. The minimum Gasteiger partial charge on any atom is -0.412 e. The maximum absolute atomic E-state index is 10.1. The molecule has 2 amide bonds. The van der Waals surface area contributed by atoms with Gasteiger partial charge in [-0.05, 0) is 6.92 Å². The summed E-state index contributed by atoms with van der Waals surface area (Å²) in [6.07, 6.45) is 0. The van der Waals surface area contributed by atoms with Crippen LogP contribution in [0.4, 0.5) is 0 Å². The molecule has 0 saturated carbocycles. The van der Waals surface area contributed by atoms with E-state index in [1.807, 2.05) is 0 Å². The molecule has 5 N–H and O–H groups in total. The third-order valence-electron chi connectivity index (χ3n) is 1.03. The number of nitrogens with one attached hydrogen (secondary N) is 1. The van der Waals surface area contributed by atoms with E-state index in [2.05, 4.69) is 5.32 Å². The summed E-state index contributed by atoms with van der Waals surface area (Å²) in [7, 11) is 0. The van der Waals surface area contributed by atoms with E-state index in [1.54, 1.807) is 6.92 Å². The molecular formula is C4H9NO4. The number of imide groups is 1. The second-order valence-corrected chi connectivity index (χ2v) is 1.58. The molecule has 0 unspecified atom stereocenters. The van der Waals surface area contributed by atoms with Crippen molar-refractivity contribution in [3.8, 4) is 0 Å². The van der Waals surface area contributed by atoms with Crippen molar-refractivity contribution in [2.24, 2.45) is 5.92 Å². The minimum absolute atomic E-state index is 0.